The van der Waals surface area contributed by atoms with Crippen LogP contribution in [0, 0.1) is 46.8 Å². The van der Waals surface area contributed by atoms with Gasteiger partial charge in [-0.25, -0.2) is 26.9 Å². The number of phenolic OH excluding ortho intramolecular Hbond substituents is 1. The van der Waals surface area contributed by atoms with E-state index in [0.717, 1.165) is 4.90 Å². The van der Waals surface area contributed by atoms with Crippen molar-refractivity contribution in [3.63, 3.8) is 0 Å². The summed E-state index contributed by atoms with van der Waals surface area (Å²) >= 11 is 17.6. The summed E-state index contributed by atoms with van der Waals surface area (Å²) in [5.74, 6) is -21.8. The molecule has 0 bridgehead atoms. The molecule has 3 aromatic rings. The maximum Gasteiger partial charge on any atom is 0.258 e. The molecule has 16 heteroatoms. The largest absolute Gasteiger partial charge is 0.504 e. The summed E-state index contributed by atoms with van der Waals surface area (Å²) in [4.78, 5) is 52.0. The van der Waals surface area contributed by atoms with E-state index >= 15 is 8.78 Å². The number of hydrogen-bond donors (Lipinski definition) is 1. The summed E-state index contributed by atoms with van der Waals surface area (Å²) in [7, 11) is 0. The first kappa shape index (κ1) is 34.4. The molecule has 2 saturated heterocycles. The Morgan fingerprint density at radius 2 is 1.48 bits per heavy atom. The molecule has 0 radical (unpaired) electrons. The predicted octanol–water partition coefficient (Wildman–Crippen LogP) is 7.02. The van der Waals surface area contributed by atoms with Crippen molar-refractivity contribution in [2.24, 2.45) is 17.8 Å². The number of nitrogens with zero attached hydrogens (tertiary/aromatic N) is 2. The number of benzene rings is 3. The molecule has 2 aliphatic heterocycles. The van der Waals surface area contributed by atoms with Gasteiger partial charge in [-0.2, -0.15) is 0 Å². The number of carbonyl (C=O) groups is 4. The van der Waals surface area contributed by atoms with Gasteiger partial charge in [-0.1, -0.05) is 33.6 Å². The van der Waals surface area contributed by atoms with Crippen LogP contribution in [0.2, 0.25) is 0 Å². The molecule has 8 nitrogen and oxygen atoms in total. The molecule has 0 unspecified atom stereocenters. The van der Waals surface area contributed by atoms with Gasteiger partial charge in [0, 0.05) is 10.4 Å². The summed E-state index contributed by atoms with van der Waals surface area (Å²) in [6, 6.07) is 10.2. The summed E-state index contributed by atoms with van der Waals surface area (Å²) in [6.45, 7) is 1.70. The van der Waals surface area contributed by atoms with Gasteiger partial charge in [0.15, 0.2) is 44.5 Å². The van der Waals surface area contributed by atoms with Crippen LogP contribution in [0.3, 0.4) is 0 Å². The number of halogens is 8. The topological polar surface area (TPSA) is 104 Å². The highest BCUT2D eigenvalue weighted by Crippen LogP contribution is 2.66. The van der Waals surface area contributed by atoms with Crippen LogP contribution >= 0.6 is 39.1 Å². The quantitative estimate of drug-likeness (QED) is 0.0744. The molecule has 2 aliphatic carbocycles. The van der Waals surface area contributed by atoms with Gasteiger partial charge in [0.1, 0.15) is 5.69 Å². The van der Waals surface area contributed by atoms with Crippen LogP contribution in [0.1, 0.15) is 31.2 Å². The third kappa shape index (κ3) is 4.46. The molecule has 4 amide bonds. The van der Waals surface area contributed by atoms with Crippen LogP contribution in [0.25, 0.3) is 0 Å². The number of rotatable bonds is 5. The molecule has 1 N–H and O–H groups in total. The first-order chi connectivity index (χ1) is 23.6. The zero-order chi connectivity index (χ0) is 36.2. The number of anilines is 2. The van der Waals surface area contributed by atoms with Crippen LogP contribution in [0.15, 0.2) is 58.6 Å². The zero-order valence-electron chi connectivity index (χ0n) is 25.5. The number of amides is 4. The number of carbonyl (C=O) groups excluding carboxylic acids is 4. The minimum atomic E-state index is -2.70. The molecule has 1 saturated carbocycles. The lowest BCUT2D eigenvalue weighted by Gasteiger charge is -2.50. The van der Waals surface area contributed by atoms with E-state index in [1.807, 2.05) is 0 Å². The number of alkyl halides is 2. The van der Waals surface area contributed by atoms with E-state index in [2.05, 4.69) is 15.9 Å². The summed E-state index contributed by atoms with van der Waals surface area (Å²) in [5.41, 5.74) is -1.23. The molecule has 0 spiro atoms. The fourth-order valence-corrected chi connectivity index (χ4v) is 8.97. The second-order valence-corrected chi connectivity index (χ2v) is 14.5. The van der Waals surface area contributed by atoms with Crippen LogP contribution in [0.5, 0.6) is 11.5 Å². The van der Waals surface area contributed by atoms with Crippen molar-refractivity contribution in [1.29, 1.82) is 0 Å². The lowest BCUT2D eigenvalue weighted by molar-refractivity contribution is -0.125. The summed E-state index contributed by atoms with van der Waals surface area (Å²) < 4.78 is 79.6. The second-order valence-electron chi connectivity index (χ2n) is 12.3. The van der Waals surface area contributed by atoms with Crippen molar-refractivity contribution in [1.82, 2.24) is 0 Å². The first-order valence-corrected chi connectivity index (χ1v) is 16.7. The van der Waals surface area contributed by atoms with Crippen LogP contribution < -0.4 is 14.5 Å². The van der Waals surface area contributed by atoms with Crippen molar-refractivity contribution in [3.05, 3.63) is 93.2 Å². The number of hydrogen-bond acceptors (Lipinski definition) is 6. The highest BCUT2D eigenvalue weighted by Gasteiger charge is 2.77. The predicted molar refractivity (Wildman–Crippen MR) is 172 cm³/mol. The molecule has 2 heterocycles. The van der Waals surface area contributed by atoms with E-state index in [1.54, 1.807) is 37.3 Å². The minimum absolute atomic E-state index is 0.0211. The van der Waals surface area contributed by atoms with E-state index < -0.39 is 98.2 Å². The van der Waals surface area contributed by atoms with Crippen LogP contribution in [0.4, 0.5) is 33.3 Å². The zero-order valence-corrected chi connectivity index (χ0v) is 28.6. The van der Waals surface area contributed by atoms with Crippen LogP contribution in [-0.2, 0) is 19.2 Å². The lowest BCUT2D eigenvalue weighted by atomic mass is 9.56. The fourth-order valence-electron chi connectivity index (χ4n) is 7.77. The highest BCUT2D eigenvalue weighted by molar-refractivity contribution is 9.10. The van der Waals surface area contributed by atoms with Gasteiger partial charge in [-0.3, -0.25) is 24.1 Å². The Labute approximate surface area is 298 Å². The Kier molecular flexibility index (Phi) is 8.11. The number of imide groups is 2. The lowest BCUT2D eigenvalue weighted by Crippen LogP contribution is -2.60. The molecule has 3 fully saturated rings. The molecule has 7 rings (SSSR count). The van der Waals surface area contributed by atoms with E-state index in [1.165, 1.54) is 18.2 Å². The van der Waals surface area contributed by atoms with E-state index in [-0.39, 0.29) is 46.3 Å². The highest BCUT2D eigenvalue weighted by atomic mass is 79.9. The van der Waals surface area contributed by atoms with Gasteiger partial charge in [0.05, 0.1) is 24.1 Å². The van der Waals surface area contributed by atoms with Gasteiger partial charge < -0.3 is 9.84 Å². The van der Waals surface area contributed by atoms with Crippen molar-refractivity contribution in [2.75, 3.05) is 16.4 Å². The smallest absolute Gasteiger partial charge is 0.258 e. The molecular weight excluding hydrogens is 778 g/mol. The average molecular weight is 800 g/mol. The van der Waals surface area contributed by atoms with Crippen molar-refractivity contribution >= 4 is 74.1 Å². The molecule has 3 aromatic carbocycles. The number of allylic oxidation sites excluding steroid dienone is 2. The van der Waals surface area contributed by atoms with Crippen molar-refractivity contribution < 1.29 is 51.0 Å². The first-order valence-electron chi connectivity index (χ1n) is 15.2. The Morgan fingerprint density at radius 1 is 0.860 bits per heavy atom. The number of fused-ring (bicyclic) bond motifs is 4. The Balaban J connectivity index is 1.44. The monoisotopic (exact) mass is 798 g/mol. The molecule has 260 valence electrons. The summed E-state index contributed by atoms with van der Waals surface area (Å²) in [6.07, 6.45) is 0.924. The normalized spacial score (nSPS) is 28.9. The molecule has 4 aliphatic rings. The molecule has 6 atom stereocenters. The van der Waals surface area contributed by atoms with Crippen molar-refractivity contribution in [2.45, 2.75) is 35.4 Å². The van der Waals surface area contributed by atoms with Crippen LogP contribution in [-0.4, -0.2) is 45.1 Å². The van der Waals surface area contributed by atoms with Crippen molar-refractivity contribution in [3.8, 4) is 11.5 Å². The van der Waals surface area contributed by atoms with Gasteiger partial charge in [0.2, 0.25) is 17.6 Å². The number of phenols is 1. The SMILES string of the molecule is CCOc1cc([C@H]2C3=CC[C@@H]4C(=O)N(c5ccc(Br)cc5)C(=O)[C@@H]4[C@@H]3C[C@@]3(Cl)C(=O)N(c4c(F)c(F)c(F)c(F)c4F)C(=O)[C@@]23Cl)ccc1O. The standard InChI is InChI=1S/C34H22BrCl2F5N2O6/c1-2-50-20-11-13(3-10-19(20)45)22-16-8-9-17-21(30(47)43(29(17)46)15-6-4-14(35)5-7-15)18(16)12-33(36)31(48)44(32(49)34(22,33)37)28-26(41)24(39)23(38)25(40)27(28)42/h3-8,10-11,17-18,21-22,45H,2,9,12H2,1H3/t17-,18+,21-,22-,33+,34-/m0/s1. The third-order valence-electron chi connectivity index (χ3n) is 9.92. The van der Waals surface area contributed by atoms with Gasteiger partial charge in [-0.15, -0.1) is 23.2 Å². The maximum atomic E-state index is 15.2. The number of aromatic hydroxyl groups is 1. The Bertz CT molecular complexity index is 2060. The molecular formula is C34H22BrCl2F5N2O6. The van der Waals surface area contributed by atoms with E-state index in [9.17, 15) is 37.5 Å². The van der Waals surface area contributed by atoms with E-state index in [0.29, 0.717) is 4.47 Å². The Hall–Kier alpha value is -4.01. The van der Waals surface area contributed by atoms with Gasteiger partial charge in [-0.05, 0) is 67.6 Å². The molecule has 50 heavy (non-hydrogen) atoms. The average Bonchev–Trinajstić information content (AvgIpc) is 3.42. The fraction of sp³-hybridized carbons (Fsp3) is 0.294. The second kappa shape index (κ2) is 11.8. The van der Waals surface area contributed by atoms with E-state index in [4.69, 9.17) is 27.9 Å². The third-order valence-corrected chi connectivity index (χ3v) is 11.9. The van der Waals surface area contributed by atoms with Gasteiger partial charge >= 0.3 is 0 Å². The minimum Gasteiger partial charge on any atom is -0.504 e. The maximum absolute atomic E-state index is 15.2. The Morgan fingerprint density at radius 3 is 2.10 bits per heavy atom. The summed E-state index contributed by atoms with van der Waals surface area (Å²) in [5, 5.41) is 10.5. The molecule has 0 aromatic heterocycles. The number of ether oxygens (including phenoxy) is 1. The van der Waals surface area contributed by atoms with Gasteiger partial charge in [0.25, 0.3) is 11.8 Å².